The van der Waals surface area contributed by atoms with E-state index in [1.54, 1.807) is 18.2 Å². The Labute approximate surface area is 129 Å². The first-order valence-corrected chi connectivity index (χ1v) is 8.00. The van der Waals surface area contributed by atoms with Gasteiger partial charge < -0.3 is 10.4 Å². The Balaban J connectivity index is 2.75. The topological polar surface area (TPSA) is 66.4 Å². The van der Waals surface area contributed by atoms with Gasteiger partial charge in [0.05, 0.1) is 5.02 Å². The van der Waals surface area contributed by atoms with Crippen molar-refractivity contribution in [2.45, 2.75) is 12.5 Å². The summed E-state index contributed by atoms with van der Waals surface area (Å²) in [6, 6.07) is 3.81. The number of benzene rings is 1. The van der Waals surface area contributed by atoms with Gasteiger partial charge in [-0.1, -0.05) is 11.6 Å². The van der Waals surface area contributed by atoms with Crippen LogP contribution in [0.3, 0.4) is 0 Å². The van der Waals surface area contributed by atoms with E-state index in [4.69, 9.17) is 16.7 Å². The summed E-state index contributed by atoms with van der Waals surface area (Å²) < 4.78 is 0.595. The first-order valence-electron chi connectivity index (χ1n) is 5.43. The molecule has 0 fully saturated rings. The first-order chi connectivity index (χ1) is 8.95. The summed E-state index contributed by atoms with van der Waals surface area (Å²) in [5.74, 6) is -0.789. The summed E-state index contributed by atoms with van der Waals surface area (Å²) in [6.45, 7) is 0. The van der Waals surface area contributed by atoms with E-state index in [9.17, 15) is 9.59 Å². The van der Waals surface area contributed by atoms with Crippen LogP contribution in [0.2, 0.25) is 5.02 Å². The molecule has 1 rings (SSSR count). The molecule has 0 heterocycles. The summed E-state index contributed by atoms with van der Waals surface area (Å²) >= 11 is 10.6. The van der Waals surface area contributed by atoms with E-state index in [1.807, 2.05) is 6.26 Å². The molecule has 2 N–H and O–H groups in total. The minimum absolute atomic E-state index is 0.367. The maximum Gasteiger partial charge on any atom is 0.326 e. The van der Waals surface area contributed by atoms with Crippen molar-refractivity contribution in [2.75, 3.05) is 12.0 Å². The summed E-state index contributed by atoms with van der Waals surface area (Å²) in [6.07, 6.45) is 2.27. The molecule has 1 atom stereocenters. The number of hydrogen-bond acceptors (Lipinski definition) is 3. The van der Waals surface area contributed by atoms with Crippen LogP contribution in [0.4, 0.5) is 0 Å². The molecule has 1 amide bonds. The highest BCUT2D eigenvalue weighted by atomic mass is 79.9. The summed E-state index contributed by atoms with van der Waals surface area (Å²) in [4.78, 5) is 23.0. The van der Waals surface area contributed by atoms with Crippen LogP contribution in [0.15, 0.2) is 22.7 Å². The van der Waals surface area contributed by atoms with E-state index in [0.29, 0.717) is 27.2 Å². The number of carboxylic acids is 1. The molecule has 0 radical (unpaired) electrons. The van der Waals surface area contributed by atoms with E-state index in [2.05, 4.69) is 21.2 Å². The number of thioether (sulfide) groups is 1. The Bertz CT molecular complexity index is 484. The monoisotopic (exact) mass is 365 g/mol. The number of carbonyl (C=O) groups excluding carboxylic acids is 1. The Morgan fingerprint density at radius 3 is 2.74 bits per heavy atom. The smallest absolute Gasteiger partial charge is 0.326 e. The predicted molar refractivity (Wildman–Crippen MR) is 81.0 cm³/mol. The molecule has 0 saturated heterocycles. The lowest BCUT2D eigenvalue weighted by Gasteiger charge is -2.14. The number of aliphatic carboxylic acids is 1. The van der Waals surface area contributed by atoms with E-state index in [1.165, 1.54) is 11.8 Å². The second-order valence-corrected chi connectivity index (χ2v) is 6.02. The molecule has 0 bridgehead atoms. The Kier molecular flexibility index (Phi) is 6.68. The van der Waals surface area contributed by atoms with Crippen molar-refractivity contribution in [3.63, 3.8) is 0 Å². The van der Waals surface area contributed by atoms with Gasteiger partial charge in [0.2, 0.25) is 0 Å². The van der Waals surface area contributed by atoms with Gasteiger partial charge in [0.25, 0.3) is 5.91 Å². The fourth-order valence-corrected chi connectivity index (χ4v) is 2.34. The van der Waals surface area contributed by atoms with E-state index in [0.717, 1.165) is 0 Å². The Hall–Kier alpha value is -0.720. The van der Waals surface area contributed by atoms with Gasteiger partial charge in [-0.3, -0.25) is 4.79 Å². The third-order valence-corrected chi connectivity index (χ3v) is 4.25. The van der Waals surface area contributed by atoms with Crippen LogP contribution in [-0.4, -0.2) is 35.0 Å². The third-order valence-electron chi connectivity index (χ3n) is 2.40. The fraction of sp³-hybridized carbons (Fsp3) is 0.333. The zero-order valence-electron chi connectivity index (χ0n) is 10.2. The van der Waals surface area contributed by atoms with E-state index >= 15 is 0 Å². The minimum Gasteiger partial charge on any atom is -0.480 e. The molecule has 104 valence electrons. The normalized spacial score (nSPS) is 11.9. The lowest BCUT2D eigenvalue weighted by Crippen LogP contribution is -2.41. The zero-order valence-corrected chi connectivity index (χ0v) is 13.3. The van der Waals surface area contributed by atoms with Crippen molar-refractivity contribution in [3.05, 3.63) is 33.3 Å². The van der Waals surface area contributed by atoms with Gasteiger partial charge in [0, 0.05) is 10.0 Å². The number of hydrogen-bond donors (Lipinski definition) is 2. The fourth-order valence-electron chi connectivity index (χ4n) is 1.37. The van der Waals surface area contributed by atoms with Crippen molar-refractivity contribution in [3.8, 4) is 0 Å². The molecule has 19 heavy (non-hydrogen) atoms. The largest absolute Gasteiger partial charge is 0.480 e. The number of nitrogens with one attached hydrogen (secondary N) is 1. The van der Waals surface area contributed by atoms with Gasteiger partial charge >= 0.3 is 5.97 Å². The van der Waals surface area contributed by atoms with Crippen LogP contribution in [0, 0.1) is 0 Å². The molecule has 0 aromatic heterocycles. The van der Waals surface area contributed by atoms with Gasteiger partial charge in [-0.15, -0.1) is 0 Å². The van der Waals surface area contributed by atoms with Crippen molar-refractivity contribution in [1.82, 2.24) is 5.32 Å². The molecule has 0 saturated carbocycles. The number of halogens is 2. The number of carbonyl (C=O) groups is 2. The average Bonchev–Trinajstić information content (AvgIpc) is 2.37. The van der Waals surface area contributed by atoms with Crippen LogP contribution in [0.25, 0.3) is 0 Å². The van der Waals surface area contributed by atoms with Gasteiger partial charge in [0.1, 0.15) is 6.04 Å². The maximum atomic E-state index is 11.9. The average molecular weight is 367 g/mol. The number of carboxylic acid groups (broad SMARTS) is 1. The Morgan fingerprint density at radius 2 is 2.21 bits per heavy atom. The summed E-state index contributed by atoms with van der Waals surface area (Å²) in [5, 5.41) is 12.0. The van der Waals surface area contributed by atoms with E-state index in [-0.39, 0.29) is 0 Å². The molecular formula is C12H13BrClNO3S. The molecule has 4 nitrogen and oxygen atoms in total. The minimum atomic E-state index is -1.03. The Morgan fingerprint density at radius 1 is 1.53 bits per heavy atom. The SMILES string of the molecule is CSCCC(NC(=O)c1ccc(Cl)c(Br)c1)C(=O)O. The molecule has 1 aromatic rings. The quantitative estimate of drug-likeness (QED) is 0.812. The number of rotatable bonds is 6. The molecule has 0 aliphatic heterocycles. The molecule has 1 unspecified atom stereocenters. The molecule has 0 spiro atoms. The highest BCUT2D eigenvalue weighted by molar-refractivity contribution is 9.10. The van der Waals surface area contributed by atoms with Crippen molar-refractivity contribution in [1.29, 1.82) is 0 Å². The van der Waals surface area contributed by atoms with Crippen LogP contribution in [0.1, 0.15) is 16.8 Å². The molecule has 0 aliphatic carbocycles. The highest BCUT2D eigenvalue weighted by Crippen LogP contribution is 2.23. The lowest BCUT2D eigenvalue weighted by molar-refractivity contribution is -0.139. The predicted octanol–water partition coefficient (Wildman–Crippen LogP) is 3.04. The molecule has 0 aliphatic rings. The third kappa shape index (κ3) is 5.04. The van der Waals surface area contributed by atoms with Gasteiger partial charge in [-0.05, 0) is 52.6 Å². The van der Waals surface area contributed by atoms with E-state index < -0.39 is 17.9 Å². The van der Waals surface area contributed by atoms with Crippen molar-refractivity contribution < 1.29 is 14.7 Å². The summed E-state index contributed by atoms with van der Waals surface area (Å²) in [7, 11) is 0. The van der Waals surface area contributed by atoms with Crippen LogP contribution in [0.5, 0.6) is 0 Å². The molecule has 1 aromatic carbocycles. The maximum absolute atomic E-state index is 11.9. The van der Waals surface area contributed by atoms with Crippen molar-refractivity contribution >= 4 is 51.2 Å². The second kappa shape index (κ2) is 7.77. The molecular weight excluding hydrogens is 354 g/mol. The highest BCUT2D eigenvalue weighted by Gasteiger charge is 2.20. The molecule has 7 heteroatoms. The van der Waals surface area contributed by atoms with Crippen LogP contribution < -0.4 is 5.32 Å². The summed E-state index contributed by atoms with van der Waals surface area (Å²) in [5.41, 5.74) is 0.367. The van der Waals surface area contributed by atoms with Gasteiger partial charge in [-0.2, -0.15) is 11.8 Å². The first kappa shape index (κ1) is 16.3. The van der Waals surface area contributed by atoms with Crippen LogP contribution >= 0.6 is 39.3 Å². The van der Waals surface area contributed by atoms with Gasteiger partial charge in [0.15, 0.2) is 0 Å². The van der Waals surface area contributed by atoms with Crippen LogP contribution in [-0.2, 0) is 4.79 Å². The standard InChI is InChI=1S/C12H13BrClNO3S/c1-19-5-4-10(12(17)18)15-11(16)7-2-3-9(14)8(13)6-7/h2-3,6,10H,4-5H2,1H3,(H,15,16)(H,17,18). The number of amides is 1. The zero-order chi connectivity index (χ0) is 14.4. The van der Waals surface area contributed by atoms with Crippen molar-refractivity contribution in [2.24, 2.45) is 0 Å². The second-order valence-electron chi connectivity index (χ2n) is 3.77. The van der Waals surface area contributed by atoms with Gasteiger partial charge in [-0.25, -0.2) is 4.79 Å². The lowest BCUT2D eigenvalue weighted by atomic mass is 10.1.